The molecule has 3 rings (SSSR count). The van der Waals surface area contributed by atoms with Crippen LogP contribution in [0.3, 0.4) is 0 Å². The number of ether oxygens (including phenoxy) is 1. The van der Waals surface area contributed by atoms with Crippen LogP contribution >= 0.6 is 0 Å². The second kappa shape index (κ2) is 8.57. The van der Waals surface area contributed by atoms with Gasteiger partial charge in [-0.25, -0.2) is 9.59 Å². The van der Waals surface area contributed by atoms with Crippen molar-refractivity contribution >= 4 is 16.9 Å². The molecule has 3 aromatic rings. The molecule has 0 spiro atoms. The van der Waals surface area contributed by atoms with Gasteiger partial charge >= 0.3 is 11.6 Å². The molecular weight excluding hydrogens is 366 g/mol. The lowest BCUT2D eigenvalue weighted by Crippen LogP contribution is -2.18. The SMILES string of the molecule is C=C(C(=O)OCC)[C@H](Cc1c(C#N)c(=O)oc2ccccc12)c1ccc(C)cc1. The number of hydrogen-bond donors (Lipinski definition) is 0. The molecule has 0 aliphatic rings. The minimum absolute atomic E-state index is 0.0579. The average molecular weight is 387 g/mol. The van der Waals surface area contributed by atoms with Gasteiger partial charge in [0.1, 0.15) is 17.2 Å². The van der Waals surface area contributed by atoms with Gasteiger partial charge in [-0.2, -0.15) is 5.26 Å². The van der Waals surface area contributed by atoms with Crippen molar-refractivity contribution in [3.05, 3.63) is 93.4 Å². The number of aryl methyl sites for hydroxylation is 1. The molecule has 0 aliphatic carbocycles. The fraction of sp³-hybridized carbons (Fsp3) is 0.208. The molecule has 5 heteroatoms. The summed E-state index contributed by atoms with van der Waals surface area (Å²) in [4.78, 5) is 24.8. The van der Waals surface area contributed by atoms with Crippen molar-refractivity contribution in [3.8, 4) is 6.07 Å². The Morgan fingerprint density at radius 3 is 2.55 bits per heavy atom. The quantitative estimate of drug-likeness (QED) is 0.355. The maximum absolute atomic E-state index is 12.4. The van der Waals surface area contributed by atoms with Crippen molar-refractivity contribution < 1.29 is 13.9 Å². The molecule has 0 aliphatic heterocycles. The van der Waals surface area contributed by atoms with Gasteiger partial charge in [0.05, 0.1) is 6.61 Å². The van der Waals surface area contributed by atoms with Gasteiger partial charge < -0.3 is 9.15 Å². The number of nitriles is 1. The maximum Gasteiger partial charge on any atom is 0.354 e. The Morgan fingerprint density at radius 2 is 1.90 bits per heavy atom. The molecule has 1 aromatic heterocycles. The third kappa shape index (κ3) is 4.12. The topological polar surface area (TPSA) is 80.3 Å². The first-order chi connectivity index (χ1) is 14.0. The van der Waals surface area contributed by atoms with Crippen LogP contribution in [0.1, 0.15) is 35.1 Å². The number of hydrogen-bond acceptors (Lipinski definition) is 5. The number of nitrogens with zero attached hydrogens (tertiary/aromatic N) is 1. The van der Waals surface area contributed by atoms with Crippen molar-refractivity contribution in [1.29, 1.82) is 5.26 Å². The number of para-hydroxylation sites is 1. The predicted octanol–water partition coefficient (Wildman–Crippen LogP) is 4.42. The predicted molar refractivity (Wildman–Crippen MR) is 111 cm³/mol. The van der Waals surface area contributed by atoms with Gasteiger partial charge in [0.25, 0.3) is 0 Å². The minimum atomic E-state index is -0.689. The largest absolute Gasteiger partial charge is 0.463 e. The van der Waals surface area contributed by atoms with Gasteiger partial charge in [0, 0.05) is 16.9 Å². The van der Waals surface area contributed by atoms with E-state index < -0.39 is 17.5 Å². The van der Waals surface area contributed by atoms with Crippen LogP contribution in [0.4, 0.5) is 0 Å². The normalized spacial score (nSPS) is 11.6. The van der Waals surface area contributed by atoms with E-state index in [0.29, 0.717) is 16.5 Å². The molecule has 0 unspecified atom stereocenters. The van der Waals surface area contributed by atoms with Gasteiger partial charge in [-0.1, -0.05) is 54.6 Å². The van der Waals surface area contributed by atoms with Crippen molar-refractivity contribution in [3.63, 3.8) is 0 Å². The monoisotopic (exact) mass is 387 g/mol. The summed E-state index contributed by atoms with van der Waals surface area (Å²) in [7, 11) is 0. The smallest absolute Gasteiger partial charge is 0.354 e. The lowest BCUT2D eigenvalue weighted by molar-refractivity contribution is -0.138. The van der Waals surface area contributed by atoms with Crippen LogP contribution in [0.5, 0.6) is 0 Å². The summed E-state index contributed by atoms with van der Waals surface area (Å²) in [6.07, 6.45) is 0.246. The first kappa shape index (κ1) is 20.1. The summed E-state index contributed by atoms with van der Waals surface area (Å²) >= 11 is 0. The molecule has 0 fully saturated rings. The van der Waals surface area contributed by atoms with E-state index in [-0.39, 0.29) is 24.2 Å². The summed E-state index contributed by atoms with van der Waals surface area (Å²) < 4.78 is 10.4. The highest BCUT2D eigenvalue weighted by molar-refractivity contribution is 5.90. The van der Waals surface area contributed by atoms with Crippen LogP contribution in [-0.4, -0.2) is 12.6 Å². The number of carbonyl (C=O) groups excluding carboxylic acids is 1. The van der Waals surface area contributed by atoms with E-state index in [1.807, 2.05) is 43.3 Å². The second-order valence-electron chi connectivity index (χ2n) is 6.76. The molecule has 0 bridgehead atoms. The van der Waals surface area contributed by atoms with Gasteiger partial charge in [0.15, 0.2) is 0 Å². The zero-order chi connectivity index (χ0) is 21.0. The Hall–Kier alpha value is -3.65. The lowest BCUT2D eigenvalue weighted by atomic mass is 9.84. The van der Waals surface area contributed by atoms with Gasteiger partial charge in [-0.3, -0.25) is 0 Å². The van der Waals surface area contributed by atoms with E-state index >= 15 is 0 Å². The molecule has 2 aromatic carbocycles. The highest BCUT2D eigenvalue weighted by Crippen LogP contribution is 2.32. The highest BCUT2D eigenvalue weighted by atomic mass is 16.5. The minimum Gasteiger partial charge on any atom is -0.463 e. The molecule has 0 saturated heterocycles. The Labute approximate surface area is 168 Å². The summed E-state index contributed by atoms with van der Waals surface area (Å²) in [6.45, 7) is 7.91. The number of rotatable bonds is 6. The zero-order valence-corrected chi connectivity index (χ0v) is 16.4. The van der Waals surface area contributed by atoms with Crippen LogP contribution in [-0.2, 0) is 16.0 Å². The van der Waals surface area contributed by atoms with E-state index in [1.54, 1.807) is 25.1 Å². The Balaban J connectivity index is 2.17. The molecule has 0 amide bonds. The molecule has 146 valence electrons. The van der Waals surface area contributed by atoms with E-state index in [0.717, 1.165) is 11.1 Å². The first-order valence-corrected chi connectivity index (χ1v) is 9.33. The Morgan fingerprint density at radius 1 is 1.21 bits per heavy atom. The summed E-state index contributed by atoms with van der Waals surface area (Å²) in [6, 6.07) is 16.8. The van der Waals surface area contributed by atoms with E-state index in [9.17, 15) is 14.9 Å². The molecule has 29 heavy (non-hydrogen) atoms. The third-order valence-corrected chi connectivity index (χ3v) is 4.88. The third-order valence-electron chi connectivity index (χ3n) is 4.88. The molecule has 0 saturated carbocycles. The van der Waals surface area contributed by atoms with Crippen LogP contribution in [0.15, 0.2) is 69.9 Å². The number of fused-ring (bicyclic) bond motifs is 1. The van der Waals surface area contributed by atoms with E-state index in [1.165, 1.54) is 0 Å². The van der Waals surface area contributed by atoms with Crippen LogP contribution in [0.2, 0.25) is 0 Å². The van der Waals surface area contributed by atoms with Crippen molar-refractivity contribution in [2.24, 2.45) is 0 Å². The fourth-order valence-corrected chi connectivity index (χ4v) is 3.35. The fourth-order valence-electron chi connectivity index (χ4n) is 3.35. The lowest BCUT2D eigenvalue weighted by Gasteiger charge is -2.20. The summed E-state index contributed by atoms with van der Waals surface area (Å²) in [5.41, 5.74) is 2.40. The van der Waals surface area contributed by atoms with Crippen LogP contribution in [0.25, 0.3) is 11.0 Å². The van der Waals surface area contributed by atoms with Gasteiger partial charge in [-0.15, -0.1) is 0 Å². The van der Waals surface area contributed by atoms with Crippen molar-refractivity contribution in [1.82, 2.24) is 0 Å². The number of esters is 1. The molecule has 5 nitrogen and oxygen atoms in total. The van der Waals surface area contributed by atoms with Gasteiger partial charge in [-0.05, 0) is 37.5 Å². The molecule has 1 atom stereocenters. The van der Waals surface area contributed by atoms with Gasteiger partial charge in [0.2, 0.25) is 0 Å². The van der Waals surface area contributed by atoms with Crippen LogP contribution in [0, 0.1) is 18.3 Å². The number of carbonyl (C=O) groups is 1. The number of benzene rings is 2. The average Bonchev–Trinajstić information content (AvgIpc) is 2.72. The highest BCUT2D eigenvalue weighted by Gasteiger charge is 2.26. The Bertz CT molecular complexity index is 1170. The second-order valence-corrected chi connectivity index (χ2v) is 6.76. The molecular formula is C24H21NO4. The summed E-state index contributed by atoms with van der Waals surface area (Å²) in [5.74, 6) is -0.948. The van der Waals surface area contributed by atoms with Crippen molar-refractivity contribution in [2.75, 3.05) is 6.61 Å². The van der Waals surface area contributed by atoms with E-state index in [4.69, 9.17) is 9.15 Å². The standard InChI is InChI=1S/C24H21NO4/c1-4-28-23(26)16(3)19(17-11-9-15(2)10-12-17)13-20-18-7-5-6-8-22(18)29-24(27)21(20)14-25/h5-12,19H,3-4,13H2,1-2H3/t19-/m0/s1. The molecule has 1 heterocycles. The molecule has 0 radical (unpaired) electrons. The maximum atomic E-state index is 12.4. The van der Waals surface area contributed by atoms with E-state index in [2.05, 4.69) is 6.58 Å². The first-order valence-electron chi connectivity index (χ1n) is 9.33. The van der Waals surface area contributed by atoms with Crippen LogP contribution < -0.4 is 5.63 Å². The zero-order valence-electron chi connectivity index (χ0n) is 16.4. The summed E-state index contributed by atoms with van der Waals surface area (Å²) in [5, 5.41) is 10.3. The van der Waals surface area contributed by atoms with Crippen molar-refractivity contribution in [2.45, 2.75) is 26.2 Å². The molecule has 0 N–H and O–H groups in total. The Kier molecular flexibility index (Phi) is 5.94.